The SMILES string of the molecule is Cn1c(=O)n(C)c2cc3c(cc21)NC(=O)CS3. The Kier molecular flexibility index (Phi) is 2.09. The maximum absolute atomic E-state index is 11.8. The van der Waals surface area contributed by atoms with Crippen LogP contribution in [0.5, 0.6) is 0 Å². The van der Waals surface area contributed by atoms with Crippen LogP contribution in [-0.2, 0) is 18.9 Å². The van der Waals surface area contributed by atoms with Crippen molar-refractivity contribution < 1.29 is 4.79 Å². The molecule has 0 saturated heterocycles. The Labute approximate surface area is 101 Å². The average molecular weight is 249 g/mol. The number of amides is 1. The van der Waals surface area contributed by atoms with Crippen molar-refractivity contribution >= 4 is 34.4 Å². The van der Waals surface area contributed by atoms with E-state index in [1.807, 2.05) is 12.1 Å². The molecule has 5 nitrogen and oxygen atoms in total. The number of hydrogen-bond donors (Lipinski definition) is 1. The van der Waals surface area contributed by atoms with Gasteiger partial charge in [0, 0.05) is 19.0 Å². The molecule has 0 aliphatic carbocycles. The van der Waals surface area contributed by atoms with Crippen LogP contribution >= 0.6 is 11.8 Å². The molecule has 0 radical (unpaired) electrons. The molecular formula is C11H11N3O2S. The van der Waals surface area contributed by atoms with E-state index in [1.165, 1.54) is 11.8 Å². The number of anilines is 1. The fraction of sp³-hybridized carbons (Fsp3) is 0.273. The molecule has 3 rings (SSSR count). The number of nitrogens with zero attached hydrogens (tertiary/aromatic N) is 2. The van der Waals surface area contributed by atoms with E-state index in [9.17, 15) is 9.59 Å². The summed E-state index contributed by atoms with van der Waals surface area (Å²) in [6, 6.07) is 3.81. The molecule has 1 N–H and O–H groups in total. The van der Waals surface area contributed by atoms with Crippen molar-refractivity contribution in [2.45, 2.75) is 4.90 Å². The van der Waals surface area contributed by atoms with E-state index in [4.69, 9.17) is 0 Å². The number of hydrogen-bond acceptors (Lipinski definition) is 3. The summed E-state index contributed by atoms with van der Waals surface area (Å²) >= 11 is 1.50. The maximum Gasteiger partial charge on any atom is 0.328 e. The van der Waals surface area contributed by atoms with Crippen molar-refractivity contribution in [2.24, 2.45) is 14.1 Å². The molecule has 88 valence electrons. The fourth-order valence-corrected chi connectivity index (χ4v) is 2.89. The van der Waals surface area contributed by atoms with Crippen LogP contribution < -0.4 is 11.0 Å². The van der Waals surface area contributed by atoms with Crippen LogP contribution in [0.15, 0.2) is 21.8 Å². The van der Waals surface area contributed by atoms with E-state index >= 15 is 0 Å². The van der Waals surface area contributed by atoms with E-state index in [1.54, 1.807) is 23.2 Å². The number of thioether (sulfide) groups is 1. The number of aromatic nitrogens is 2. The number of fused-ring (bicyclic) bond motifs is 2. The third kappa shape index (κ3) is 1.40. The van der Waals surface area contributed by atoms with E-state index in [0.29, 0.717) is 5.75 Å². The Morgan fingerprint density at radius 3 is 2.53 bits per heavy atom. The van der Waals surface area contributed by atoms with Gasteiger partial charge in [0.25, 0.3) is 0 Å². The molecule has 1 amide bonds. The molecule has 0 saturated carbocycles. The van der Waals surface area contributed by atoms with Crippen LogP contribution in [0, 0.1) is 0 Å². The smallest absolute Gasteiger partial charge is 0.324 e. The molecule has 1 aromatic heterocycles. The zero-order valence-electron chi connectivity index (χ0n) is 9.48. The molecule has 1 aromatic carbocycles. The quantitative estimate of drug-likeness (QED) is 0.755. The monoisotopic (exact) mass is 249 g/mol. The van der Waals surface area contributed by atoms with Crippen molar-refractivity contribution in [3.63, 3.8) is 0 Å². The zero-order chi connectivity index (χ0) is 12.2. The van der Waals surface area contributed by atoms with Crippen molar-refractivity contribution in [2.75, 3.05) is 11.1 Å². The molecule has 17 heavy (non-hydrogen) atoms. The summed E-state index contributed by atoms with van der Waals surface area (Å²) in [6.07, 6.45) is 0. The van der Waals surface area contributed by atoms with Crippen molar-refractivity contribution in [1.82, 2.24) is 9.13 Å². The highest BCUT2D eigenvalue weighted by Gasteiger charge is 2.18. The summed E-state index contributed by atoms with van der Waals surface area (Å²) in [5.41, 5.74) is 2.46. The molecule has 0 atom stereocenters. The van der Waals surface area contributed by atoms with Gasteiger partial charge in [0.2, 0.25) is 5.91 Å². The summed E-state index contributed by atoms with van der Waals surface area (Å²) in [6.45, 7) is 0. The maximum atomic E-state index is 11.8. The molecule has 1 aliphatic heterocycles. The number of benzene rings is 1. The van der Waals surface area contributed by atoms with Gasteiger partial charge in [-0.05, 0) is 12.1 Å². The van der Waals surface area contributed by atoms with Gasteiger partial charge >= 0.3 is 5.69 Å². The van der Waals surface area contributed by atoms with Gasteiger partial charge in [-0.2, -0.15) is 0 Å². The number of nitrogens with one attached hydrogen (secondary N) is 1. The molecule has 2 heterocycles. The third-order valence-corrected chi connectivity index (χ3v) is 4.06. The standard InChI is InChI=1S/C11H11N3O2S/c1-13-7-3-6-9(17-5-10(15)12-6)4-8(7)14(2)11(13)16/h3-4H,5H2,1-2H3,(H,12,15). The van der Waals surface area contributed by atoms with Crippen molar-refractivity contribution in [3.05, 3.63) is 22.6 Å². The number of aryl methyl sites for hydroxylation is 2. The summed E-state index contributed by atoms with van der Waals surface area (Å²) < 4.78 is 3.20. The topological polar surface area (TPSA) is 56.0 Å². The minimum Gasteiger partial charge on any atom is -0.324 e. The predicted molar refractivity (Wildman–Crippen MR) is 67.5 cm³/mol. The highest BCUT2D eigenvalue weighted by Crippen LogP contribution is 2.34. The summed E-state index contributed by atoms with van der Waals surface area (Å²) in [7, 11) is 3.48. The second kappa shape index (κ2) is 3.40. The summed E-state index contributed by atoms with van der Waals surface area (Å²) in [5, 5.41) is 2.82. The van der Waals surface area contributed by atoms with Gasteiger partial charge in [-0.15, -0.1) is 11.8 Å². The number of rotatable bonds is 0. The van der Waals surface area contributed by atoms with Gasteiger partial charge in [0.1, 0.15) is 0 Å². The van der Waals surface area contributed by atoms with Crippen LogP contribution in [0.1, 0.15) is 0 Å². The fourth-order valence-electron chi connectivity index (χ4n) is 2.07. The van der Waals surface area contributed by atoms with Crippen LogP contribution in [-0.4, -0.2) is 20.8 Å². The molecule has 2 aromatic rings. The van der Waals surface area contributed by atoms with Gasteiger partial charge in [-0.1, -0.05) is 0 Å². The second-order valence-electron chi connectivity index (χ2n) is 4.07. The molecule has 0 spiro atoms. The molecule has 0 bridgehead atoms. The summed E-state index contributed by atoms with van der Waals surface area (Å²) in [5.74, 6) is 0.432. The Morgan fingerprint density at radius 2 is 1.82 bits per heavy atom. The lowest BCUT2D eigenvalue weighted by atomic mass is 10.2. The van der Waals surface area contributed by atoms with Crippen LogP contribution in [0.3, 0.4) is 0 Å². The van der Waals surface area contributed by atoms with E-state index in [0.717, 1.165) is 21.6 Å². The predicted octanol–water partition coefficient (Wildman–Crippen LogP) is 0.921. The largest absolute Gasteiger partial charge is 0.328 e. The van der Waals surface area contributed by atoms with E-state index in [-0.39, 0.29) is 11.6 Å². The lowest BCUT2D eigenvalue weighted by Crippen LogP contribution is -2.19. The molecule has 1 aliphatic rings. The number of imidazole rings is 1. The van der Waals surface area contributed by atoms with Crippen LogP contribution in [0.4, 0.5) is 5.69 Å². The van der Waals surface area contributed by atoms with E-state index < -0.39 is 0 Å². The van der Waals surface area contributed by atoms with Crippen LogP contribution in [0.2, 0.25) is 0 Å². The lowest BCUT2D eigenvalue weighted by Gasteiger charge is -2.16. The number of carbonyl (C=O) groups is 1. The van der Waals surface area contributed by atoms with Gasteiger partial charge in [-0.3, -0.25) is 13.9 Å². The minimum absolute atomic E-state index is 0.00258. The van der Waals surface area contributed by atoms with Gasteiger partial charge < -0.3 is 5.32 Å². The Hall–Kier alpha value is -1.69. The highest BCUT2D eigenvalue weighted by molar-refractivity contribution is 8.00. The first-order chi connectivity index (χ1) is 8.08. The van der Waals surface area contributed by atoms with Gasteiger partial charge in [0.05, 0.1) is 22.5 Å². The van der Waals surface area contributed by atoms with Crippen molar-refractivity contribution in [1.29, 1.82) is 0 Å². The lowest BCUT2D eigenvalue weighted by molar-refractivity contribution is -0.113. The summed E-state index contributed by atoms with van der Waals surface area (Å²) in [4.78, 5) is 24.1. The molecule has 0 unspecified atom stereocenters. The first-order valence-corrected chi connectivity index (χ1v) is 6.18. The van der Waals surface area contributed by atoms with Crippen LogP contribution in [0.25, 0.3) is 11.0 Å². The zero-order valence-corrected chi connectivity index (χ0v) is 10.3. The number of carbonyl (C=O) groups excluding carboxylic acids is 1. The normalized spacial score (nSPS) is 14.8. The first kappa shape index (κ1) is 10.5. The van der Waals surface area contributed by atoms with E-state index in [2.05, 4.69) is 5.32 Å². The second-order valence-corrected chi connectivity index (χ2v) is 5.09. The van der Waals surface area contributed by atoms with Crippen molar-refractivity contribution in [3.8, 4) is 0 Å². The highest BCUT2D eigenvalue weighted by atomic mass is 32.2. The first-order valence-electron chi connectivity index (χ1n) is 5.20. The molecule has 6 heteroatoms. The molecular weight excluding hydrogens is 238 g/mol. The Bertz CT molecular complexity index is 699. The van der Waals surface area contributed by atoms with Gasteiger partial charge in [0.15, 0.2) is 0 Å². The Morgan fingerprint density at radius 1 is 1.18 bits per heavy atom. The Balaban J connectivity index is 2.36. The minimum atomic E-state index is -0.0568. The average Bonchev–Trinajstić information content (AvgIpc) is 2.52. The third-order valence-electron chi connectivity index (χ3n) is 3.01. The molecule has 0 fully saturated rings. The van der Waals surface area contributed by atoms with Gasteiger partial charge in [-0.25, -0.2) is 4.79 Å².